The minimum Gasteiger partial charge on any atom is -0.398 e. The number of anilines is 2. The summed E-state index contributed by atoms with van der Waals surface area (Å²) in [7, 11) is -4.56. The molecule has 0 heterocycles. The summed E-state index contributed by atoms with van der Waals surface area (Å²) >= 11 is 3.12. The van der Waals surface area contributed by atoms with E-state index in [0.29, 0.717) is 4.47 Å². The molecule has 9 heteroatoms. The van der Waals surface area contributed by atoms with Crippen molar-refractivity contribution < 1.29 is 21.6 Å². The summed E-state index contributed by atoms with van der Waals surface area (Å²) in [6, 6.07) is 4.64. The van der Waals surface area contributed by atoms with Crippen molar-refractivity contribution in [3.63, 3.8) is 0 Å². The van der Waals surface area contributed by atoms with Crippen molar-refractivity contribution in [1.29, 1.82) is 0 Å². The number of sulfonamides is 1. The first-order chi connectivity index (χ1) is 9.70. The Morgan fingerprint density at radius 1 is 1.05 bits per heavy atom. The molecule has 0 fully saturated rings. The summed E-state index contributed by atoms with van der Waals surface area (Å²) in [5, 5.41) is 0. The molecule has 4 nitrogen and oxygen atoms in total. The summed E-state index contributed by atoms with van der Waals surface area (Å²) in [6.07, 6.45) is 0. The first kappa shape index (κ1) is 15.6. The molecule has 0 atom stereocenters. The molecule has 112 valence electrons. The molecule has 0 aliphatic rings. The standard InChI is InChI=1S/C12H8BrF3N2O2S/c13-8-2-1-7(5-11(8)17)18-21(19,20)12-9(15)3-6(14)4-10(12)16/h1-5,18H,17H2. The van der Waals surface area contributed by atoms with Crippen LogP contribution in [0.25, 0.3) is 0 Å². The second-order valence-corrected chi connectivity index (χ2v) is 6.51. The summed E-state index contributed by atoms with van der Waals surface area (Å²) in [4.78, 5) is -1.26. The number of nitrogens with one attached hydrogen (secondary N) is 1. The van der Waals surface area contributed by atoms with Gasteiger partial charge in [-0.3, -0.25) is 4.72 Å². The Bertz CT molecular complexity index is 789. The highest BCUT2D eigenvalue weighted by molar-refractivity contribution is 9.10. The van der Waals surface area contributed by atoms with E-state index < -0.39 is 32.4 Å². The fourth-order valence-corrected chi connectivity index (χ4v) is 3.02. The minimum absolute atomic E-state index is 0.0128. The molecule has 21 heavy (non-hydrogen) atoms. The van der Waals surface area contributed by atoms with E-state index in [2.05, 4.69) is 15.9 Å². The second-order valence-electron chi connectivity index (χ2n) is 4.04. The minimum atomic E-state index is -4.56. The van der Waals surface area contributed by atoms with E-state index in [1.165, 1.54) is 18.2 Å². The maximum atomic E-state index is 13.5. The molecule has 0 aromatic heterocycles. The normalized spacial score (nSPS) is 11.4. The van der Waals surface area contributed by atoms with Crippen LogP contribution < -0.4 is 10.5 Å². The molecule has 0 spiro atoms. The molecule has 0 bridgehead atoms. The van der Waals surface area contributed by atoms with Crippen LogP contribution in [0.15, 0.2) is 39.7 Å². The van der Waals surface area contributed by atoms with Crippen molar-refractivity contribution >= 4 is 37.3 Å². The Labute approximate surface area is 127 Å². The van der Waals surface area contributed by atoms with Crippen LogP contribution in [0.2, 0.25) is 0 Å². The van der Waals surface area contributed by atoms with Gasteiger partial charge in [-0.05, 0) is 34.1 Å². The highest BCUT2D eigenvalue weighted by atomic mass is 79.9. The summed E-state index contributed by atoms with van der Waals surface area (Å²) < 4.78 is 66.3. The number of benzene rings is 2. The molecule has 0 aliphatic heterocycles. The summed E-state index contributed by atoms with van der Waals surface area (Å²) in [6.45, 7) is 0. The van der Waals surface area contributed by atoms with E-state index in [1.54, 1.807) is 0 Å². The lowest BCUT2D eigenvalue weighted by molar-refractivity contribution is 0.498. The van der Waals surface area contributed by atoms with Crippen molar-refractivity contribution in [2.45, 2.75) is 4.90 Å². The molecular weight excluding hydrogens is 373 g/mol. The summed E-state index contributed by atoms with van der Waals surface area (Å²) in [5.74, 6) is -4.26. The molecule has 3 N–H and O–H groups in total. The zero-order chi connectivity index (χ0) is 15.8. The van der Waals surface area contributed by atoms with Gasteiger partial charge >= 0.3 is 0 Å². The number of hydrogen-bond donors (Lipinski definition) is 2. The van der Waals surface area contributed by atoms with E-state index >= 15 is 0 Å². The van der Waals surface area contributed by atoms with Gasteiger partial charge in [0.25, 0.3) is 10.0 Å². The highest BCUT2D eigenvalue weighted by Gasteiger charge is 2.25. The Balaban J connectivity index is 2.46. The number of rotatable bonds is 3. The van der Waals surface area contributed by atoms with Crippen LogP contribution in [-0.4, -0.2) is 8.42 Å². The van der Waals surface area contributed by atoms with Gasteiger partial charge in [-0.25, -0.2) is 21.6 Å². The third-order valence-corrected chi connectivity index (χ3v) is 4.63. The highest BCUT2D eigenvalue weighted by Crippen LogP contribution is 2.26. The van der Waals surface area contributed by atoms with E-state index in [1.807, 2.05) is 4.72 Å². The van der Waals surface area contributed by atoms with E-state index in [9.17, 15) is 21.6 Å². The van der Waals surface area contributed by atoms with Gasteiger partial charge in [-0.1, -0.05) is 0 Å². The molecule has 0 saturated heterocycles. The molecule has 0 saturated carbocycles. The Morgan fingerprint density at radius 2 is 1.62 bits per heavy atom. The SMILES string of the molecule is Nc1cc(NS(=O)(=O)c2c(F)cc(F)cc2F)ccc1Br. The molecule has 2 aromatic carbocycles. The van der Waals surface area contributed by atoms with Crippen molar-refractivity contribution in [3.8, 4) is 0 Å². The van der Waals surface area contributed by atoms with Crippen molar-refractivity contribution in [2.75, 3.05) is 10.5 Å². The van der Waals surface area contributed by atoms with Gasteiger partial charge in [0, 0.05) is 22.3 Å². The lowest BCUT2D eigenvalue weighted by atomic mass is 10.3. The first-order valence-corrected chi connectivity index (χ1v) is 7.71. The fraction of sp³-hybridized carbons (Fsp3) is 0. The Morgan fingerprint density at radius 3 is 2.14 bits per heavy atom. The maximum Gasteiger partial charge on any atom is 0.267 e. The monoisotopic (exact) mass is 380 g/mol. The molecule has 0 amide bonds. The van der Waals surface area contributed by atoms with Crippen LogP contribution in [0.1, 0.15) is 0 Å². The third kappa shape index (κ3) is 3.30. The van der Waals surface area contributed by atoms with Crippen LogP contribution >= 0.6 is 15.9 Å². The average molecular weight is 381 g/mol. The van der Waals surface area contributed by atoms with Crippen LogP contribution in [0.5, 0.6) is 0 Å². The van der Waals surface area contributed by atoms with Crippen LogP contribution in [-0.2, 0) is 10.0 Å². The Hall–Kier alpha value is -1.74. The molecular formula is C12H8BrF3N2O2S. The van der Waals surface area contributed by atoms with E-state index in [0.717, 1.165) is 0 Å². The average Bonchev–Trinajstić information content (AvgIpc) is 2.31. The van der Waals surface area contributed by atoms with Crippen LogP contribution in [0.3, 0.4) is 0 Å². The number of hydrogen-bond acceptors (Lipinski definition) is 3. The zero-order valence-electron chi connectivity index (χ0n) is 10.2. The summed E-state index contributed by atoms with van der Waals surface area (Å²) in [5.41, 5.74) is 5.82. The van der Waals surface area contributed by atoms with Gasteiger partial charge in [0.1, 0.15) is 17.5 Å². The quantitative estimate of drug-likeness (QED) is 0.802. The van der Waals surface area contributed by atoms with E-state index in [-0.39, 0.29) is 23.5 Å². The predicted molar refractivity (Wildman–Crippen MR) is 75.7 cm³/mol. The lowest BCUT2D eigenvalue weighted by Crippen LogP contribution is -2.17. The van der Waals surface area contributed by atoms with Crippen LogP contribution in [0, 0.1) is 17.5 Å². The van der Waals surface area contributed by atoms with Gasteiger partial charge in [-0.2, -0.15) is 0 Å². The predicted octanol–water partition coefficient (Wildman–Crippen LogP) is 3.25. The third-order valence-electron chi connectivity index (χ3n) is 2.48. The van der Waals surface area contributed by atoms with E-state index in [4.69, 9.17) is 5.73 Å². The number of halogens is 4. The number of nitrogens with two attached hydrogens (primary N) is 1. The van der Waals surface area contributed by atoms with Gasteiger partial charge < -0.3 is 5.73 Å². The second kappa shape index (κ2) is 5.57. The maximum absolute atomic E-state index is 13.5. The van der Waals surface area contributed by atoms with Crippen LogP contribution in [0.4, 0.5) is 24.5 Å². The van der Waals surface area contributed by atoms with Gasteiger partial charge in [0.05, 0.1) is 5.69 Å². The molecule has 0 aliphatic carbocycles. The molecule has 0 radical (unpaired) electrons. The zero-order valence-corrected chi connectivity index (χ0v) is 12.6. The molecule has 2 aromatic rings. The van der Waals surface area contributed by atoms with Crippen molar-refractivity contribution in [1.82, 2.24) is 0 Å². The largest absolute Gasteiger partial charge is 0.398 e. The number of nitrogen functional groups attached to an aromatic ring is 1. The molecule has 0 unspecified atom stereocenters. The van der Waals surface area contributed by atoms with Crippen molar-refractivity contribution in [2.24, 2.45) is 0 Å². The lowest BCUT2D eigenvalue weighted by Gasteiger charge is -2.10. The molecule has 2 rings (SSSR count). The smallest absolute Gasteiger partial charge is 0.267 e. The first-order valence-electron chi connectivity index (χ1n) is 5.43. The van der Waals surface area contributed by atoms with Gasteiger partial charge in [-0.15, -0.1) is 0 Å². The van der Waals surface area contributed by atoms with Gasteiger partial charge in [0.15, 0.2) is 4.90 Å². The van der Waals surface area contributed by atoms with Gasteiger partial charge in [0.2, 0.25) is 0 Å². The topological polar surface area (TPSA) is 72.2 Å². The fourth-order valence-electron chi connectivity index (χ4n) is 1.60. The Kier molecular flexibility index (Phi) is 4.15. The van der Waals surface area contributed by atoms with Crippen molar-refractivity contribution in [3.05, 3.63) is 52.3 Å².